The van der Waals surface area contributed by atoms with Gasteiger partial charge in [-0.2, -0.15) is 0 Å². The van der Waals surface area contributed by atoms with Gasteiger partial charge in [0.2, 0.25) is 0 Å². The Morgan fingerprint density at radius 3 is 2.31 bits per heavy atom. The highest BCUT2D eigenvalue weighted by Gasteiger charge is 2.29. The number of carboxylic acid groups (broad SMARTS) is 1. The van der Waals surface area contributed by atoms with E-state index in [1.165, 1.54) is 12.1 Å². The van der Waals surface area contributed by atoms with Crippen molar-refractivity contribution < 1.29 is 36.9 Å². The molecule has 2 aromatic carbocycles. The molecule has 1 N–H and O–H groups in total. The van der Waals surface area contributed by atoms with Gasteiger partial charge < -0.3 is 19.1 Å². The quantitative estimate of drug-likeness (QED) is 0.196. The second kappa shape index (κ2) is 11.5. The van der Waals surface area contributed by atoms with Gasteiger partial charge in [-0.25, -0.2) is 27.3 Å². The van der Waals surface area contributed by atoms with Gasteiger partial charge in [-0.1, -0.05) is 37.1 Å². The minimum Gasteiger partial charge on any atom is -0.489 e. The van der Waals surface area contributed by atoms with E-state index < -0.39 is 47.0 Å². The van der Waals surface area contributed by atoms with E-state index in [-0.39, 0.29) is 12.4 Å². The van der Waals surface area contributed by atoms with Crippen molar-refractivity contribution in [2.24, 2.45) is 0 Å². The van der Waals surface area contributed by atoms with E-state index in [4.69, 9.17) is 26.2 Å². The van der Waals surface area contributed by atoms with Crippen LogP contribution in [0.5, 0.6) is 5.75 Å². The summed E-state index contributed by atoms with van der Waals surface area (Å²) in [5.74, 6) is -9.05. The predicted molar refractivity (Wildman–Crippen MR) is 120 cm³/mol. The maximum Gasteiger partial charge on any atom is 0.339 e. The van der Waals surface area contributed by atoms with Gasteiger partial charge in [-0.15, -0.1) is 0 Å². The first-order valence-corrected chi connectivity index (χ1v) is 11.1. The Bertz CT molecular complexity index is 1220. The molecule has 0 aliphatic rings. The normalized spacial score (nSPS) is 11.2. The van der Waals surface area contributed by atoms with Gasteiger partial charge in [-0.3, -0.25) is 0 Å². The zero-order valence-corrected chi connectivity index (χ0v) is 19.8. The molecular formula is C24H23ClF4N2O4. The van der Waals surface area contributed by atoms with Gasteiger partial charge in [0.1, 0.15) is 23.7 Å². The number of carboxylic acids is 1. The highest BCUT2D eigenvalue weighted by molar-refractivity contribution is 6.30. The molecule has 0 spiro atoms. The van der Waals surface area contributed by atoms with Crippen LogP contribution in [0, 0.1) is 23.3 Å². The van der Waals surface area contributed by atoms with Crippen molar-refractivity contribution in [3.05, 3.63) is 80.9 Å². The van der Waals surface area contributed by atoms with Gasteiger partial charge in [0.25, 0.3) is 0 Å². The standard InChI is InChI=1S/C24H23ClF4N2O4/c1-3-4-5-17-30-23(25)16(12-34-2)31(17)10-13-6-8-14(9-7-13)35-11-15-18(24(32)33)20(27)22(29)21(28)19(15)26/h6-9H,3-5,10-12H2,1-2H3,(H,32,33). The van der Waals surface area contributed by atoms with Crippen molar-refractivity contribution in [1.29, 1.82) is 0 Å². The molecule has 0 saturated carbocycles. The molecule has 3 aromatic rings. The topological polar surface area (TPSA) is 73.6 Å². The van der Waals surface area contributed by atoms with Crippen LogP contribution in [0.15, 0.2) is 24.3 Å². The molecule has 0 bridgehead atoms. The summed E-state index contributed by atoms with van der Waals surface area (Å²) in [5, 5.41) is 9.49. The van der Waals surface area contributed by atoms with Crippen LogP contribution >= 0.6 is 11.6 Å². The Hall–Kier alpha value is -3.11. The number of hydrogen-bond acceptors (Lipinski definition) is 4. The molecule has 6 nitrogen and oxygen atoms in total. The maximum absolute atomic E-state index is 14.1. The number of unbranched alkanes of at least 4 members (excludes halogenated alkanes) is 1. The number of rotatable bonds is 11. The number of ether oxygens (including phenoxy) is 2. The summed E-state index contributed by atoms with van der Waals surface area (Å²) < 4.78 is 67.7. The van der Waals surface area contributed by atoms with Crippen molar-refractivity contribution in [3.8, 4) is 5.75 Å². The molecule has 0 saturated heterocycles. The lowest BCUT2D eigenvalue weighted by atomic mass is 10.1. The number of halogens is 5. The molecule has 0 unspecified atom stereocenters. The molecule has 0 fully saturated rings. The monoisotopic (exact) mass is 514 g/mol. The van der Waals surface area contributed by atoms with Gasteiger partial charge in [-0.05, 0) is 24.1 Å². The van der Waals surface area contributed by atoms with Crippen molar-refractivity contribution in [2.45, 2.75) is 45.9 Å². The Kier molecular flexibility index (Phi) is 8.74. The molecule has 0 aliphatic heterocycles. The highest BCUT2D eigenvalue weighted by Crippen LogP contribution is 2.27. The number of aryl methyl sites for hydroxylation is 1. The average Bonchev–Trinajstić information content (AvgIpc) is 3.12. The lowest BCUT2D eigenvalue weighted by Crippen LogP contribution is -2.15. The Labute approximate surface area is 204 Å². The minimum atomic E-state index is -2.20. The van der Waals surface area contributed by atoms with E-state index in [0.29, 0.717) is 11.7 Å². The average molecular weight is 515 g/mol. The molecule has 0 atom stereocenters. The molecule has 0 radical (unpaired) electrons. The zero-order chi connectivity index (χ0) is 25.7. The van der Waals surface area contributed by atoms with Crippen molar-refractivity contribution >= 4 is 17.6 Å². The van der Waals surface area contributed by atoms with E-state index in [1.54, 1.807) is 19.2 Å². The number of hydrogen-bond donors (Lipinski definition) is 1. The summed E-state index contributed by atoms with van der Waals surface area (Å²) in [7, 11) is 1.56. The third-order valence-corrected chi connectivity index (χ3v) is 5.67. The summed E-state index contributed by atoms with van der Waals surface area (Å²) in [5.41, 5.74) is -0.675. The van der Waals surface area contributed by atoms with Crippen LogP contribution in [0.1, 0.15) is 52.8 Å². The zero-order valence-electron chi connectivity index (χ0n) is 19.0. The highest BCUT2D eigenvalue weighted by atomic mass is 35.5. The Morgan fingerprint density at radius 1 is 1.06 bits per heavy atom. The molecule has 11 heteroatoms. The summed E-state index contributed by atoms with van der Waals surface area (Å²) in [6.07, 6.45) is 2.66. The third-order valence-electron chi connectivity index (χ3n) is 5.36. The van der Waals surface area contributed by atoms with E-state index >= 15 is 0 Å². The Morgan fingerprint density at radius 2 is 1.71 bits per heavy atom. The Balaban J connectivity index is 1.80. The number of nitrogens with zero attached hydrogens (tertiary/aromatic N) is 2. The van der Waals surface area contributed by atoms with E-state index in [0.717, 1.165) is 36.3 Å². The fraction of sp³-hybridized carbons (Fsp3) is 0.333. The first-order chi connectivity index (χ1) is 16.7. The molecule has 188 valence electrons. The van der Waals surface area contributed by atoms with E-state index in [1.807, 2.05) is 4.57 Å². The second-order valence-electron chi connectivity index (χ2n) is 7.74. The van der Waals surface area contributed by atoms with Gasteiger partial charge in [0.15, 0.2) is 28.4 Å². The number of aromatic carboxylic acids is 1. The van der Waals surface area contributed by atoms with Crippen LogP contribution in [-0.4, -0.2) is 27.7 Å². The van der Waals surface area contributed by atoms with Crippen LogP contribution in [0.2, 0.25) is 5.15 Å². The van der Waals surface area contributed by atoms with Crippen LogP contribution in [0.3, 0.4) is 0 Å². The molecule has 1 heterocycles. The molecule has 1 aromatic heterocycles. The number of carbonyl (C=O) groups is 1. The summed E-state index contributed by atoms with van der Waals surface area (Å²) in [4.78, 5) is 15.7. The molecule has 0 aliphatic carbocycles. The third kappa shape index (κ3) is 5.76. The second-order valence-corrected chi connectivity index (χ2v) is 8.09. The predicted octanol–water partition coefficient (Wildman–Crippen LogP) is 5.91. The number of imidazole rings is 1. The van der Waals surface area contributed by atoms with Crippen molar-refractivity contribution in [1.82, 2.24) is 9.55 Å². The summed E-state index contributed by atoms with van der Waals surface area (Å²) >= 11 is 6.30. The largest absolute Gasteiger partial charge is 0.489 e. The van der Waals surface area contributed by atoms with Crippen LogP contribution < -0.4 is 4.74 Å². The fourth-order valence-electron chi connectivity index (χ4n) is 3.56. The number of benzene rings is 2. The van der Waals surface area contributed by atoms with Crippen LogP contribution in [0.25, 0.3) is 0 Å². The van der Waals surface area contributed by atoms with Gasteiger partial charge in [0, 0.05) is 25.6 Å². The van der Waals surface area contributed by atoms with Crippen molar-refractivity contribution in [3.63, 3.8) is 0 Å². The minimum absolute atomic E-state index is 0.182. The number of methoxy groups -OCH3 is 1. The van der Waals surface area contributed by atoms with Gasteiger partial charge in [0.05, 0.1) is 12.3 Å². The van der Waals surface area contributed by atoms with Crippen molar-refractivity contribution in [2.75, 3.05) is 7.11 Å². The smallest absolute Gasteiger partial charge is 0.339 e. The fourth-order valence-corrected chi connectivity index (χ4v) is 3.81. The summed E-state index contributed by atoms with van der Waals surface area (Å²) in [6.45, 7) is 1.96. The summed E-state index contributed by atoms with van der Waals surface area (Å²) in [6, 6.07) is 6.49. The molecular weight excluding hydrogens is 492 g/mol. The molecule has 3 rings (SSSR count). The SMILES string of the molecule is CCCCc1nc(Cl)c(COC)n1Cc1ccc(OCc2c(F)c(F)c(F)c(F)c2C(=O)O)cc1. The molecule has 0 amide bonds. The van der Waals surface area contributed by atoms with Crippen LogP contribution in [-0.2, 0) is 30.9 Å². The van der Waals surface area contributed by atoms with E-state index in [9.17, 15) is 22.4 Å². The van der Waals surface area contributed by atoms with Gasteiger partial charge >= 0.3 is 5.97 Å². The molecule has 35 heavy (non-hydrogen) atoms. The number of aromatic nitrogens is 2. The lowest BCUT2D eigenvalue weighted by molar-refractivity contribution is 0.0685. The van der Waals surface area contributed by atoms with Crippen LogP contribution in [0.4, 0.5) is 17.6 Å². The van der Waals surface area contributed by atoms with E-state index in [2.05, 4.69) is 11.9 Å². The first-order valence-electron chi connectivity index (χ1n) is 10.7. The maximum atomic E-state index is 14.1. The first kappa shape index (κ1) is 26.5. The lowest BCUT2D eigenvalue weighted by Gasteiger charge is -2.14.